The largest absolute Gasteiger partial charge is 0.0622 e. The Kier molecular flexibility index (Phi) is 20.8. The average Bonchev–Trinajstić information content (AvgIpc) is 0.728. The molecular weight excluding hydrogens is 1610 g/mol. The Morgan fingerprint density at radius 1 is 0.0746 bits per heavy atom. The first-order valence-corrected chi connectivity index (χ1v) is 46.4. The van der Waals surface area contributed by atoms with Crippen molar-refractivity contribution in [1.82, 2.24) is 0 Å². The third-order valence-electron chi connectivity index (χ3n) is 27.3. The molecule has 0 aliphatic heterocycles. The van der Waals surface area contributed by atoms with Gasteiger partial charge >= 0.3 is 0 Å². The summed E-state index contributed by atoms with van der Waals surface area (Å²) in [6, 6.07) is 195. The molecule has 0 saturated heterocycles. The highest BCUT2D eigenvalue weighted by Gasteiger charge is 2.25. The van der Waals surface area contributed by atoms with E-state index < -0.39 is 0 Å². The quantitative estimate of drug-likeness (QED) is 0.107. The van der Waals surface area contributed by atoms with Gasteiger partial charge in [-0.25, -0.2) is 0 Å². The Balaban J connectivity index is 0.000000111. The first-order chi connectivity index (χ1) is 66.5. The van der Waals surface area contributed by atoms with Gasteiger partial charge in [0.15, 0.2) is 0 Å². The highest BCUT2D eigenvalue weighted by Crippen LogP contribution is 2.53. The molecule has 26 aromatic carbocycles. The summed E-state index contributed by atoms with van der Waals surface area (Å²) in [4.78, 5) is 0. The monoisotopic (exact) mass is 1700 g/mol. The fourth-order valence-electron chi connectivity index (χ4n) is 21.1. The predicted octanol–water partition coefficient (Wildman–Crippen LogP) is 37.7. The molecule has 0 atom stereocenters. The number of benzene rings is 26. The molecule has 0 spiro atoms. The summed E-state index contributed by atoms with van der Waals surface area (Å²) >= 11 is 0. The second kappa shape index (κ2) is 34.9. The van der Waals surface area contributed by atoms with Gasteiger partial charge in [0.05, 0.1) is 0 Å². The van der Waals surface area contributed by atoms with Gasteiger partial charge in [-0.3, -0.25) is 0 Å². The predicted molar refractivity (Wildman–Crippen MR) is 577 cm³/mol. The average molecular weight is 1700 g/mol. The van der Waals surface area contributed by atoms with Crippen LogP contribution >= 0.6 is 0 Å². The van der Waals surface area contributed by atoms with E-state index in [1.807, 2.05) is 0 Å². The molecule has 0 radical (unpaired) electrons. The van der Waals surface area contributed by atoms with Gasteiger partial charge < -0.3 is 0 Å². The second-order valence-electron chi connectivity index (χ2n) is 35.0. The van der Waals surface area contributed by atoms with Crippen molar-refractivity contribution >= 4 is 118 Å². The molecule has 0 aliphatic carbocycles. The van der Waals surface area contributed by atoms with Crippen LogP contribution in [0.4, 0.5) is 0 Å². The lowest BCUT2D eigenvalue weighted by Gasteiger charge is -2.21. The highest BCUT2D eigenvalue weighted by atomic mass is 14.3. The number of hydrogen-bond donors (Lipinski definition) is 0. The summed E-state index contributed by atoms with van der Waals surface area (Å²) in [6.45, 7) is 0. The van der Waals surface area contributed by atoms with Crippen molar-refractivity contribution in [3.05, 3.63) is 534 Å². The first-order valence-electron chi connectivity index (χ1n) is 46.4. The van der Waals surface area contributed by atoms with Crippen molar-refractivity contribution in [2.45, 2.75) is 0 Å². The minimum absolute atomic E-state index is 1.22. The normalized spacial score (nSPS) is 11.4. The molecule has 624 valence electrons. The number of rotatable bonds is 12. The zero-order valence-corrected chi connectivity index (χ0v) is 73.8. The molecule has 0 fully saturated rings. The van der Waals surface area contributed by atoms with Crippen LogP contribution in [-0.4, -0.2) is 0 Å². The molecule has 0 saturated carbocycles. The summed E-state index contributed by atoms with van der Waals surface area (Å²) in [5, 5.41) is 27.8. The Hall–Kier alpha value is -17.4. The lowest BCUT2D eigenvalue weighted by molar-refractivity contribution is 1.60. The van der Waals surface area contributed by atoms with Crippen LogP contribution in [0.5, 0.6) is 0 Å². The van der Waals surface area contributed by atoms with Crippen LogP contribution in [0.2, 0.25) is 0 Å². The standard InChI is InChI=1S/2C46H30.C42H28/c1-3-13-31(14-4-1)35-25-26-43-44(30-35)45(36-24-23-32-15-7-8-18-34(32)29-36)40-21-11-12-22-41(40)46(43)42-28-27-37(33-16-5-2-6-17-33)38-19-9-10-20-39(38)42;1-2-10-31(11-3-1)39-26-27-43-44(30-39)46(40-25-21-33-13-5-7-15-37(33)29-40)42-17-9-8-16-41(42)45(43)35-22-18-34(19-23-35)38-24-20-32-12-4-6-14-36(32)28-38;1-3-14-29(15-4-1)32-26-27-39-40(28-32)42(36-25-13-19-31-18-7-8-20-34(31)36)38-24-12-11-23-37(38)41(39)35-22-10-9-21-33(35)30-16-5-2-6-17-30/h2*1-30H;1-28H. The summed E-state index contributed by atoms with van der Waals surface area (Å²) in [5.41, 5.74) is 29.9. The third kappa shape index (κ3) is 14.7. The maximum atomic E-state index is 2.41. The van der Waals surface area contributed by atoms with E-state index in [-0.39, 0.29) is 0 Å². The number of fused-ring (bicyclic) bond motifs is 11. The smallest absolute Gasteiger partial charge is 0.00199 e. The van der Waals surface area contributed by atoms with Crippen molar-refractivity contribution in [3.63, 3.8) is 0 Å². The van der Waals surface area contributed by atoms with Crippen molar-refractivity contribution in [2.24, 2.45) is 0 Å². The molecule has 0 aliphatic rings. The van der Waals surface area contributed by atoms with Crippen LogP contribution in [-0.2, 0) is 0 Å². The minimum atomic E-state index is 1.22. The fraction of sp³-hybridized carbons (Fsp3) is 0. The minimum Gasteiger partial charge on any atom is -0.0622 e. The van der Waals surface area contributed by atoms with Gasteiger partial charge in [0, 0.05) is 0 Å². The number of hydrogen-bond acceptors (Lipinski definition) is 0. The summed E-state index contributed by atoms with van der Waals surface area (Å²) < 4.78 is 0. The first kappa shape index (κ1) is 79.9. The van der Waals surface area contributed by atoms with Crippen LogP contribution in [0.25, 0.3) is 252 Å². The molecule has 26 aromatic rings. The fourth-order valence-corrected chi connectivity index (χ4v) is 21.1. The lowest BCUT2D eigenvalue weighted by atomic mass is 9.82. The Morgan fingerprint density at radius 3 is 0.754 bits per heavy atom. The van der Waals surface area contributed by atoms with Crippen LogP contribution in [0, 0.1) is 0 Å². The van der Waals surface area contributed by atoms with Gasteiger partial charge in [-0.1, -0.05) is 497 Å². The molecule has 0 amide bonds. The van der Waals surface area contributed by atoms with E-state index >= 15 is 0 Å². The van der Waals surface area contributed by atoms with E-state index in [0.29, 0.717) is 0 Å². The SMILES string of the molecule is c1ccc(-c2ccc3c(-c4ccc(-c5ccc6ccccc6c5)cc4)c4ccccc4c(-c4ccc5ccccc5c4)c3c2)cc1.c1ccc(-c2ccc3c(-c4ccc(-c5ccccc5)c5ccccc45)c4ccccc4c(-c4ccc5ccccc5c4)c3c2)cc1.c1ccc(-c2ccc3c(-c4ccccc4-c4ccccc4)c4ccccc4c(-c4cccc5ccccc45)c3c2)cc1. The molecule has 0 nitrogen and oxygen atoms in total. The zero-order valence-electron chi connectivity index (χ0n) is 73.8. The Morgan fingerprint density at radius 2 is 0.306 bits per heavy atom. The van der Waals surface area contributed by atoms with Gasteiger partial charge in [0.1, 0.15) is 0 Å². The molecule has 0 heterocycles. The maximum absolute atomic E-state index is 2.41. The van der Waals surface area contributed by atoms with Crippen LogP contribution < -0.4 is 0 Å². The van der Waals surface area contributed by atoms with Crippen LogP contribution in [0.3, 0.4) is 0 Å². The van der Waals surface area contributed by atoms with Crippen molar-refractivity contribution in [2.75, 3.05) is 0 Å². The Labute approximate surface area is 780 Å². The van der Waals surface area contributed by atoms with E-state index in [0.717, 1.165) is 0 Å². The molecule has 0 aromatic heterocycles. The van der Waals surface area contributed by atoms with Crippen LogP contribution in [0.15, 0.2) is 534 Å². The van der Waals surface area contributed by atoms with Gasteiger partial charge in [-0.15, -0.1) is 0 Å². The van der Waals surface area contributed by atoms with Gasteiger partial charge in [-0.2, -0.15) is 0 Å². The maximum Gasteiger partial charge on any atom is -0.00199 e. The zero-order chi connectivity index (χ0) is 88.8. The lowest BCUT2D eigenvalue weighted by Crippen LogP contribution is -1.94. The van der Waals surface area contributed by atoms with Crippen LogP contribution in [0.1, 0.15) is 0 Å². The third-order valence-corrected chi connectivity index (χ3v) is 27.3. The summed E-state index contributed by atoms with van der Waals surface area (Å²) in [5.74, 6) is 0. The topological polar surface area (TPSA) is 0 Å². The van der Waals surface area contributed by atoms with Crippen molar-refractivity contribution in [1.29, 1.82) is 0 Å². The molecular formula is C134H88. The molecule has 0 bridgehead atoms. The summed E-state index contributed by atoms with van der Waals surface area (Å²) in [7, 11) is 0. The van der Waals surface area contributed by atoms with E-state index in [2.05, 4.69) is 534 Å². The van der Waals surface area contributed by atoms with E-state index in [4.69, 9.17) is 0 Å². The van der Waals surface area contributed by atoms with E-state index in [9.17, 15) is 0 Å². The van der Waals surface area contributed by atoms with E-state index in [1.165, 1.54) is 252 Å². The second-order valence-corrected chi connectivity index (χ2v) is 35.0. The van der Waals surface area contributed by atoms with Crippen molar-refractivity contribution < 1.29 is 0 Å². The highest BCUT2D eigenvalue weighted by molar-refractivity contribution is 6.28. The molecule has 0 heteroatoms. The molecule has 0 unspecified atom stereocenters. The van der Waals surface area contributed by atoms with E-state index in [1.54, 1.807) is 0 Å². The van der Waals surface area contributed by atoms with Crippen molar-refractivity contribution in [3.8, 4) is 134 Å². The Bertz CT molecular complexity index is 9000. The van der Waals surface area contributed by atoms with Gasteiger partial charge in [-0.05, 0) is 288 Å². The molecule has 26 rings (SSSR count). The molecule has 0 N–H and O–H groups in total. The summed E-state index contributed by atoms with van der Waals surface area (Å²) in [6.07, 6.45) is 0. The molecule has 134 heavy (non-hydrogen) atoms. The van der Waals surface area contributed by atoms with Gasteiger partial charge in [0.25, 0.3) is 0 Å². The van der Waals surface area contributed by atoms with Gasteiger partial charge in [0.2, 0.25) is 0 Å².